The summed E-state index contributed by atoms with van der Waals surface area (Å²) in [5.41, 5.74) is 3.59. The summed E-state index contributed by atoms with van der Waals surface area (Å²) in [7, 11) is 0. The Balaban J connectivity index is 1.66. The highest BCUT2D eigenvalue weighted by molar-refractivity contribution is 5.77. The second-order valence-electron chi connectivity index (χ2n) is 6.69. The van der Waals surface area contributed by atoms with Crippen molar-refractivity contribution in [2.45, 2.75) is 25.2 Å². The summed E-state index contributed by atoms with van der Waals surface area (Å²) in [4.78, 5) is 12.6. The largest absolute Gasteiger partial charge is 0.355 e. The summed E-state index contributed by atoms with van der Waals surface area (Å²) >= 11 is 0. The molecule has 1 N–H and O–H groups in total. The van der Waals surface area contributed by atoms with Gasteiger partial charge in [0, 0.05) is 18.9 Å². The predicted molar refractivity (Wildman–Crippen MR) is 107 cm³/mol. The standard InChI is InChI=1S/C24H25NO/c1-19(20-11-5-2-6-12-20)18-25-24(26)17-23(21-13-7-3-8-14-21)22-15-9-4-10-16-22/h2-16,19,23H,17-18H2,1H3,(H,25,26)/t19-/m0/s1. The van der Waals surface area contributed by atoms with E-state index in [2.05, 4.69) is 48.6 Å². The normalized spacial score (nSPS) is 11.9. The third kappa shape index (κ3) is 4.82. The molecule has 1 atom stereocenters. The van der Waals surface area contributed by atoms with E-state index in [1.165, 1.54) is 16.7 Å². The minimum Gasteiger partial charge on any atom is -0.355 e. The van der Waals surface area contributed by atoms with Crippen LogP contribution in [0.2, 0.25) is 0 Å². The molecule has 26 heavy (non-hydrogen) atoms. The molecule has 0 saturated heterocycles. The summed E-state index contributed by atoms with van der Waals surface area (Å²) in [6.45, 7) is 2.79. The molecule has 0 unspecified atom stereocenters. The lowest BCUT2D eigenvalue weighted by molar-refractivity contribution is -0.121. The molecule has 0 aliphatic heterocycles. The van der Waals surface area contributed by atoms with Crippen LogP contribution in [0, 0.1) is 0 Å². The number of carbonyl (C=O) groups is 1. The van der Waals surface area contributed by atoms with Crippen LogP contribution in [0.5, 0.6) is 0 Å². The van der Waals surface area contributed by atoms with E-state index in [1.807, 2.05) is 54.6 Å². The molecule has 0 fully saturated rings. The summed E-state index contributed by atoms with van der Waals surface area (Å²) in [6, 6.07) is 30.8. The van der Waals surface area contributed by atoms with Gasteiger partial charge in [-0.25, -0.2) is 0 Å². The van der Waals surface area contributed by atoms with E-state index < -0.39 is 0 Å². The molecule has 2 heteroatoms. The van der Waals surface area contributed by atoms with Gasteiger partial charge in [0.25, 0.3) is 0 Å². The van der Waals surface area contributed by atoms with Crippen LogP contribution in [-0.2, 0) is 4.79 Å². The van der Waals surface area contributed by atoms with Gasteiger partial charge in [0.2, 0.25) is 5.91 Å². The minimum absolute atomic E-state index is 0.0735. The van der Waals surface area contributed by atoms with Crippen LogP contribution in [0.25, 0.3) is 0 Å². The summed E-state index contributed by atoms with van der Waals surface area (Å²) < 4.78 is 0. The van der Waals surface area contributed by atoms with Gasteiger partial charge in [-0.05, 0) is 22.6 Å². The fourth-order valence-corrected chi connectivity index (χ4v) is 3.22. The molecule has 0 radical (unpaired) electrons. The van der Waals surface area contributed by atoms with Gasteiger partial charge in [-0.3, -0.25) is 4.79 Å². The average Bonchev–Trinajstić information content (AvgIpc) is 2.72. The van der Waals surface area contributed by atoms with Crippen molar-refractivity contribution < 1.29 is 4.79 Å². The Bertz CT molecular complexity index is 760. The van der Waals surface area contributed by atoms with E-state index >= 15 is 0 Å². The number of hydrogen-bond donors (Lipinski definition) is 1. The second kappa shape index (κ2) is 9.00. The lowest BCUT2D eigenvalue weighted by Gasteiger charge is -2.19. The average molecular weight is 343 g/mol. The number of carbonyl (C=O) groups excluding carboxylic acids is 1. The number of amides is 1. The molecule has 132 valence electrons. The maximum atomic E-state index is 12.6. The highest BCUT2D eigenvalue weighted by Gasteiger charge is 2.18. The monoisotopic (exact) mass is 343 g/mol. The predicted octanol–water partition coefficient (Wildman–Crippen LogP) is 5.13. The first-order valence-electron chi connectivity index (χ1n) is 9.15. The zero-order chi connectivity index (χ0) is 18.2. The van der Waals surface area contributed by atoms with Crippen LogP contribution in [-0.4, -0.2) is 12.5 Å². The van der Waals surface area contributed by atoms with Gasteiger partial charge in [0.1, 0.15) is 0 Å². The van der Waals surface area contributed by atoms with Gasteiger partial charge >= 0.3 is 0 Å². The zero-order valence-electron chi connectivity index (χ0n) is 15.1. The van der Waals surface area contributed by atoms with E-state index in [9.17, 15) is 4.79 Å². The van der Waals surface area contributed by atoms with Crippen LogP contribution in [0.1, 0.15) is 41.9 Å². The lowest BCUT2D eigenvalue weighted by atomic mass is 9.88. The fraction of sp³-hybridized carbons (Fsp3) is 0.208. The van der Waals surface area contributed by atoms with E-state index in [0.29, 0.717) is 18.9 Å². The van der Waals surface area contributed by atoms with Crippen molar-refractivity contribution in [3.63, 3.8) is 0 Å². The molecular weight excluding hydrogens is 318 g/mol. The molecular formula is C24H25NO. The first-order valence-corrected chi connectivity index (χ1v) is 9.15. The Morgan fingerprint density at radius 3 is 1.62 bits per heavy atom. The van der Waals surface area contributed by atoms with Crippen LogP contribution in [0.3, 0.4) is 0 Å². The Morgan fingerprint density at radius 1 is 0.731 bits per heavy atom. The molecule has 0 bridgehead atoms. The van der Waals surface area contributed by atoms with E-state index in [0.717, 1.165) is 0 Å². The van der Waals surface area contributed by atoms with Crippen molar-refractivity contribution in [2.24, 2.45) is 0 Å². The number of rotatable bonds is 7. The Labute approximate surface area is 155 Å². The van der Waals surface area contributed by atoms with Crippen molar-refractivity contribution in [3.8, 4) is 0 Å². The first kappa shape index (κ1) is 17.9. The lowest BCUT2D eigenvalue weighted by Crippen LogP contribution is -2.29. The number of nitrogens with one attached hydrogen (secondary N) is 1. The molecule has 0 aromatic heterocycles. The zero-order valence-corrected chi connectivity index (χ0v) is 15.1. The maximum Gasteiger partial charge on any atom is 0.220 e. The molecule has 0 spiro atoms. The van der Waals surface area contributed by atoms with Crippen molar-refractivity contribution in [1.29, 1.82) is 0 Å². The van der Waals surface area contributed by atoms with Crippen molar-refractivity contribution in [1.82, 2.24) is 5.32 Å². The third-order valence-electron chi connectivity index (χ3n) is 4.77. The van der Waals surface area contributed by atoms with Gasteiger partial charge in [0.15, 0.2) is 0 Å². The van der Waals surface area contributed by atoms with Crippen LogP contribution in [0.4, 0.5) is 0 Å². The van der Waals surface area contributed by atoms with E-state index in [-0.39, 0.29) is 11.8 Å². The molecule has 3 aromatic carbocycles. The Morgan fingerprint density at radius 2 is 1.15 bits per heavy atom. The van der Waals surface area contributed by atoms with Crippen molar-refractivity contribution in [3.05, 3.63) is 108 Å². The molecule has 1 amide bonds. The van der Waals surface area contributed by atoms with Gasteiger partial charge < -0.3 is 5.32 Å². The van der Waals surface area contributed by atoms with Crippen LogP contribution < -0.4 is 5.32 Å². The second-order valence-corrected chi connectivity index (χ2v) is 6.69. The third-order valence-corrected chi connectivity index (χ3v) is 4.77. The highest BCUT2D eigenvalue weighted by Crippen LogP contribution is 2.27. The Hall–Kier alpha value is -2.87. The molecule has 0 saturated carbocycles. The topological polar surface area (TPSA) is 29.1 Å². The van der Waals surface area contributed by atoms with Gasteiger partial charge in [-0.1, -0.05) is 97.9 Å². The summed E-state index contributed by atoms with van der Waals surface area (Å²) in [5, 5.41) is 3.11. The fourth-order valence-electron chi connectivity index (χ4n) is 3.22. The SMILES string of the molecule is C[C@@H](CNC(=O)CC(c1ccccc1)c1ccccc1)c1ccccc1. The first-order chi connectivity index (χ1) is 12.7. The van der Waals surface area contributed by atoms with E-state index in [4.69, 9.17) is 0 Å². The molecule has 0 aliphatic carbocycles. The van der Waals surface area contributed by atoms with Gasteiger partial charge in [-0.2, -0.15) is 0 Å². The highest BCUT2D eigenvalue weighted by atomic mass is 16.1. The van der Waals surface area contributed by atoms with Crippen molar-refractivity contribution >= 4 is 5.91 Å². The van der Waals surface area contributed by atoms with Gasteiger partial charge in [0.05, 0.1) is 0 Å². The van der Waals surface area contributed by atoms with Crippen molar-refractivity contribution in [2.75, 3.05) is 6.54 Å². The minimum atomic E-state index is 0.0735. The molecule has 3 rings (SSSR count). The smallest absolute Gasteiger partial charge is 0.220 e. The maximum absolute atomic E-state index is 12.6. The summed E-state index contributed by atoms with van der Waals surface area (Å²) in [5.74, 6) is 0.460. The number of hydrogen-bond acceptors (Lipinski definition) is 1. The Kier molecular flexibility index (Phi) is 6.21. The molecule has 0 heterocycles. The van der Waals surface area contributed by atoms with Gasteiger partial charge in [-0.15, -0.1) is 0 Å². The molecule has 0 aliphatic rings. The quantitative estimate of drug-likeness (QED) is 0.633. The number of benzene rings is 3. The van der Waals surface area contributed by atoms with E-state index in [1.54, 1.807) is 0 Å². The molecule has 2 nitrogen and oxygen atoms in total. The van der Waals surface area contributed by atoms with Crippen LogP contribution in [0.15, 0.2) is 91.0 Å². The molecule has 3 aromatic rings. The van der Waals surface area contributed by atoms with Crippen LogP contribution >= 0.6 is 0 Å². The summed E-state index contributed by atoms with van der Waals surface area (Å²) in [6.07, 6.45) is 0.454.